The Kier molecular flexibility index (Phi) is 11.3. The second kappa shape index (κ2) is 14.1. The lowest BCUT2D eigenvalue weighted by Gasteiger charge is -2.34. The van der Waals surface area contributed by atoms with Crippen molar-refractivity contribution in [1.29, 1.82) is 0 Å². The number of nitrogens with zero attached hydrogens (tertiary/aromatic N) is 1. The first-order chi connectivity index (χ1) is 19.2. The van der Waals surface area contributed by atoms with Crippen LogP contribution >= 0.6 is 23.2 Å². The van der Waals surface area contributed by atoms with E-state index in [-0.39, 0.29) is 63.1 Å². The van der Waals surface area contributed by atoms with Gasteiger partial charge >= 0.3 is 12.3 Å². The van der Waals surface area contributed by atoms with E-state index >= 15 is 0 Å². The lowest BCUT2D eigenvalue weighted by atomic mass is 10.00. The number of hydrogen-bond acceptors (Lipinski definition) is 6. The van der Waals surface area contributed by atoms with Crippen LogP contribution in [-0.2, 0) is 29.1 Å². The van der Waals surface area contributed by atoms with Gasteiger partial charge in [-0.1, -0.05) is 30.1 Å². The summed E-state index contributed by atoms with van der Waals surface area (Å²) in [5.41, 5.74) is -1.31. The summed E-state index contributed by atoms with van der Waals surface area (Å²) in [6, 6.07) is 5.98. The number of piperidine rings is 1. The lowest BCUT2D eigenvalue weighted by molar-refractivity contribution is -0.138. The molecule has 3 rings (SSSR count). The van der Waals surface area contributed by atoms with E-state index in [1.54, 1.807) is 0 Å². The Morgan fingerprint density at radius 1 is 1.12 bits per heavy atom. The Bertz CT molecular complexity index is 1380. The largest absolute Gasteiger partial charge is 0.465 e. The molecule has 1 aliphatic rings. The molecule has 1 fully saturated rings. The van der Waals surface area contributed by atoms with Gasteiger partial charge < -0.3 is 21.1 Å². The number of alkyl halides is 3. The van der Waals surface area contributed by atoms with Gasteiger partial charge in [0.05, 0.1) is 16.2 Å². The van der Waals surface area contributed by atoms with E-state index in [4.69, 9.17) is 28.3 Å². The fourth-order valence-electron chi connectivity index (χ4n) is 4.64. The molecule has 4 N–H and O–H groups in total. The summed E-state index contributed by atoms with van der Waals surface area (Å²) in [7, 11) is -3.64. The molecule has 0 aromatic heterocycles. The van der Waals surface area contributed by atoms with Gasteiger partial charge in [0.25, 0.3) is 5.91 Å². The van der Waals surface area contributed by atoms with Crippen LogP contribution in [0.3, 0.4) is 0 Å². The van der Waals surface area contributed by atoms with Crippen molar-refractivity contribution in [2.24, 2.45) is 0 Å². The van der Waals surface area contributed by atoms with Crippen molar-refractivity contribution in [3.8, 4) is 0 Å². The number of rotatable bonds is 11. The number of carboxylic acid groups (broad SMARTS) is 1. The van der Waals surface area contributed by atoms with Crippen molar-refractivity contribution in [1.82, 2.24) is 20.9 Å². The van der Waals surface area contributed by atoms with Gasteiger partial charge in [0, 0.05) is 54.4 Å². The predicted octanol–water partition coefficient (Wildman–Crippen LogP) is 4.56. The van der Waals surface area contributed by atoms with Crippen LogP contribution in [0.4, 0.5) is 18.0 Å². The summed E-state index contributed by atoms with van der Waals surface area (Å²) < 4.78 is 67.3. The minimum absolute atomic E-state index is 0.0264. The Hall–Kier alpha value is -2.58. The van der Waals surface area contributed by atoms with Crippen molar-refractivity contribution in [3.63, 3.8) is 0 Å². The van der Waals surface area contributed by atoms with Crippen LogP contribution in [0.15, 0.2) is 35.2 Å². The van der Waals surface area contributed by atoms with Gasteiger partial charge in [0.2, 0.25) is 0 Å². The van der Waals surface area contributed by atoms with E-state index in [0.717, 1.165) is 18.9 Å². The Morgan fingerprint density at radius 3 is 2.51 bits per heavy atom. The molecule has 2 aromatic rings. The third-order valence-electron chi connectivity index (χ3n) is 6.66. The maximum absolute atomic E-state index is 14.1. The summed E-state index contributed by atoms with van der Waals surface area (Å²) in [4.78, 5) is 25.3. The molecule has 0 saturated carbocycles. The first-order valence-corrected chi connectivity index (χ1v) is 15.2. The maximum Gasteiger partial charge on any atom is 0.416 e. The average Bonchev–Trinajstić information content (AvgIpc) is 2.90. The Morgan fingerprint density at radius 2 is 1.85 bits per heavy atom. The fraction of sp³-hybridized carbons (Fsp3) is 0.462. The number of carbonyl (C=O) groups is 2. The Balaban J connectivity index is 1.77. The molecule has 2 amide bonds. The molecule has 1 atom stereocenters. The van der Waals surface area contributed by atoms with E-state index in [1.807, 2.05) is 4.90 Å². The summed E-state index contributed by atoms with van der Waals surface area (Å²) in [6.45, 7) is 2.65. The fourth-order valence-corrected chi connectivity index (χ4v) is 6.23. The zero-order chi connectivity index (χ0) is 30.4. The van der Waals surface area contributed by atoms with Crippen LogP contribution in [0, 0.1) is 0 Å². The molecule has 41 heavy (non-hydrogen) atoms. The van der Waals surface area contributed by atoms with E-state index in [1.165, 1.54) is 31.2 Å². The molecule has 1 heterocycles. The van der Waals surface area contributed by atoms with Crippen LogP contribution in [0.25, 0.3) is 0 Å². The third kappa shape index (κ3) is 9.20. The smallest absolute Gasteiger partial charge is 0.416 e. The molecular formula is C26H31Cl2F3N4O5S. The second-order valence-corrected chi connectivity index (χ2v) is 12.7. The van der Waals surface area contributed by atoms with Crippen LogP contribution in [0.5, 0.6) is 0 Å². The van der Waals surface area contributed by atoms with Gasteiger partial charge in [-0.15, -0.1) is 0 Å². The number of halogens is 5. The van der Waals surface area contributed by atoms with Crippen molar-refractivity contribution < 1.29 is 36.3 Å². The van der Waals surface area contributed by atoms with Crippen molar-refractivity contribution in [3.05, 3.63) is 62.6 Å². The van der Waals surface area contributed by atoms with Gasteiger partial charge in [0.1, 0.15) is 0 Å². The van der Waals surface area contributed by atoms with E-state index in [2.05, 4.69) is 16.0 Å². The normalized spacial score (nSPS) is 16.4. The zero-order valence-electron chi connectivity index (χ0n) is 22.2. The molecule has 0 spiro atoms. The monoisotopic (exact) mass is 638 g/mol. The number of likely N-dealkylation sites (tertiary alicyclic amines) is 1. The molecule has 0 radical (unpaired) electrons. The highest BCUT2D eigenvalue weighted by Crippen LogP contribution is 2.37. The molecule has 0 bridgehead atoms. The standard InChI is InChI=1S/C26H31Cl2F3N4O5S/c1-2-41(39,40)23-6-5-18(27)10-17(23)13-34-24(36)16-11-21(26(29,30)31)20(22(28)12-16)15-35-9-3-4-19(14-35)32-7-8-33-25(37)38/h5-6,10-12,19,32-33H,2-4,7-9,13-15H2,1H3,(H,34,36)(H,37,38)/t19-/m0/s1. The van der Waals surface area contributed by atoms with Crippen molar-refractivity contribution in [2.45, 2.75) is 50.0 Å². The maximum atomic E-state index is 14.1. The second-order valence-electron chi connectivity index (χ2n) is 9.58. The lowest BCUT2D eigenvalue weighted by Crippen LogP contribution is -2.47. The number of benzene rings is 2. The summed E-state index contributed by atoms with van der Waals surface area (Å²) in [5.74, 6) is -1.04. The van der Waals surface area contributed by atoms with E-state index in [9.17, 15) is 31.2 Å². The zero-order valence-corrected chi connectivity index (χ0v) is 24.5. The third-order valence-corrected chi connectivity index (χ3v) is 9.06. The van der Waals surface area contributed by atoms with Gasteiger partial charge in [-0.3, -0.25) is 9.69 Å². The number of amides is 2. The quantitative estimate of drug-likeness (QED) is 0.266. The van der Waals surface area contributed by atoms with Crippen LogP contribution < -0.4 is 16.0 Å². The van der Waals surface area contributed by atoms with Crippen molar-refractivity contribution >= 4 is 45.0 Å². The summed E-state index contributed by atoms with van der Waals surface area (Å²) in [5, 5.41) is 16.6. The van der Waals surface area contributed by atoms with E-state index < -0.39 is 33.6 Å². The molecule has 15 heteroatoms. The van der Waals surface area contributed by atoms with Gasteiger partial charge in [0.15, 0.2) is 9.84 Å². The summed E-state index contributed by atoms with van der Waals surface area (Å²) >= 11 is 12.3. The molecular weight excluding hydrogens is 608 g/mol. The molecule has 0 unspecified atom stereocenters. The molecule has 1 aliphatic heterocycles. The minimum Gasteiger partial charge on any atom is -0.465 e. The average molecular weight is 640 g/mol. The highest BCUT2D eigenvalue weighted by Gasteiger charge is 2.36. The number of nitrogens with one attached hydrogen (secondary N) is 3. The van der Waals surface area contributed by atoms with Gasteiger partial charge in [-0.25, -0.2) is 13.2 Å². The molecule has 2 aromatic carbocycles. The summed E-state index contributed by atoms with van der Waals surface area (Å²) in [6.07, 6.45) is -4.41. The first kappa shape index (κ1) is 32.9. The minimum atomic E-state index is -4.79. The molecule has 226 valence electrons. The Labute approximate surface area is 246 Å². The van der Waals surface area contributed by atoms with Gasteiger partial charge in [-0.05, 0) is 60.8 Å². The molecule has 0 aliphatic carbocycles. The van der Waals surface area contributed by atoms with Crippen LogP contribution in [0.2, 0.25) is 10.0 Å². The van der Waals surface area contributed by atoms with Crippen LogP contribution in [0.1, 0.15) is 46.8 Å². The highest BCUT2D eigenvalue weighted by molar-refractivity contribution is 7.91. The van der Waals surface area contributed by atoms with E-state index in [0.29, 0.717) is 19.6 Å². The van der Waals surface area contributed by atoms with Gasteiger partial charge in [-0.2, -0.15) is 13.2 Å². The topological polar surface area (TPSA) is 128 Å². The van der Waals surface area contributed by atoms with Crippen molar-refractivity contribution in [2.75, 3.05) is 31.9 Å². The first-order valence-electron chi connectivity index (χ1n) is 12.8. The number of hydrogen-bond donors (Lipinski definition) is 4. The number of carbonyl (C=O) groups excluding carboxylic acids is 1. The predicted molar refractivity (Wildman–Crippen MR) is 149 cm³/mol. The SMILES string of the molecule is CCS(=O)(=O)c1ccc(Cl)cc1CNC(=O)c1cc(Cl)c(CN2CCC[C@H](NCCNC(=O)O)C2)c(C(F)(F)F)c1. The number of sulfone groups is 1. The highest BCUT2D eigenvalue weighted by atomic mass is 35.5. The molecule has 9 nitrogen and oxygen atoms in total. The van der Waals surface area contributed by atoms with Crippen LogP contribution in [-0.4, -0.2) is 68.4 Å². The molecule has 1 saturated heterocycles.